The average molecular weight is 420 g/mol. The third kappa shape index (κ3) is 4.31. The zero-order valence-corrected chi connectivity index (χ0v) is 17.4. The summed E-state index contributed by atoms with van der Waals surface area (Å²) in [6.07, 6.45) is 1.71. The van der Waals surface area contributed by atoms with Crippen molar-refractivity contribution in [2.24, 2.45) is 0 Å². The summed E-state index contributed by atoms with van der Waals surface area (Å²) in [6.45, 7) is 3.38. The molecule has 4 aromatic rings. The summed E-state index contributed by atoms with van der Waals surface area (Å²) in [5, 5.41) is 4.55. The second-order valence-corrected chi connectivity index (χ2v) is 7.31. The zero-order valence-electron chi connectivity index (χ0n) is 16.6. The maximum atomic E-state index is 13.1. The molecule has 0 bridgehead atoms. The monoisotopic (exact) mass is 419 g/mol. The van der Waals surface area contributed by atoms with E-state index in [1.807, 2.05) is 78.2 Å². The number of carbonyl (C=O) groups is 1. The number of benzene rings is 2. The number of ether oxygens (including phenoxy) is 1. The van der Waals surface area contributed by atoms with Crippen molar-refractivity contribution in [1.29, 1.82) is 0 Å². The summed E-state index contributed by atoms with van der Waals surface area (Å²) in [4.78, 5) is 17.4. The molecule has 1 N–H and O–H groups in total. The van der Waals surface area contributed by atoms with Gasteiger partial charge < -0.3 is 14.6 Å². The number of carbonyl (C=O) groups excluding carboxylic acids is 1. The molecule has 0 fully saturated rings. The lowest BCUT2D eigenvalue weighted by molar-refractivity contribution is 0.0942. The third-order valence-electron chi connectivity index (χ3n) is 4.82. The van der Waals surface area contributed by atoms with E-state index < -0.39 is 0 Å². The van der Waals surface area contributed by atoms with E-state index in [1.54, 1.807) is 6.20 Å². The van der Waals surface area contributed by atoms with Crippen LogP contribution in [0, 0.1) is 0 Å². The van der Waals surface area contributed by atoms with Gasteiger partial charge >= 0.3 is 0 Å². The first-order valence-corrected chi connectivity index (χ1v) is 10.2. The standard InChI is InChI=1S/C24H22ClN3O2/c1-2-30-23-11-6-10-21-20(23)14-22(24(29)27-15-19-9-3-4-12-26-19)28(21)16-17-7-5-8-18(25)13-17/h3-14H,2,15-16H2,1H3,(H,27,29). The summed E-state index contributed by atoms with van der Waals surface area (Å²) in [7, 11) is 0. The number of nitrogens with one attached hydrogen (secondary N) is 1. The van der Waals surface area contributed by atoms with Crippen molar-refractivity contribution in [3.63, 3.8) is 0 Å². The molecule has 0 aliphatic carbocycles. The van der Waals surface area contributed by atoms with Crippen LogP contribution in [0.2, 0.25) is 5.02 Å². The Labute approximate surface area is 180 Å². The molecule has 1 amide bonds. The fraction of sp³-hybridized carbons (Fsp3) is 0.167. The zero-order chi connectivity index (χ0) is 20.9. The Hall–Kier alpha value is -3.31. The Morgan fingerprint density at radius 1 is 1.10 bits per heavy atom. The molecule has 0 atom stereocenters. The lowest BCUT2D eigenvalue weighted by atomic mass is 10.2. The van der Waals surface area contributed by atoms with Crippen molar-refractivity contribution in [1.82, 2.24) is 14.9 Å². The summed E-state index contributed by atoms with van der Waals surface area (Å²) in [6, 6.07) is 21.0. The number of aromatic nitrogens is 2. The smallest absolute Gasteiger partial charge is 0.268 e. The van der Waals surface area contributed by atoms with Gasteiger partial charge in [-0.25, -0.2) is 0 Å². The summed E-state index contributed by atoms with van der Waals surface area (Å²) < 4.78 is 7.79. The van der Waals surface area contributed by atoms with E-state index in [-0.39, 0.29) is 5.91 Å². The van der Waals surface area contributed by atoms with Crippen LogP contribution in [-0.4, -0.2) is 22.1 Å². The van der Waals surface area contributed by atoms with Gasteiger partial charge in [-0.15, -0.1) is 0 Å². The quantitative estimate of drug-likeness (QED) is 0.455. The third-order valence-corrected chi connectivity index (χ3v) is 5.06. The van der Waals surface area contributed by atoms with Crippen molar-refractivity contribution >= 4 is 28.4 Å². The van der Waals surface area contributed by atoms with Crippen molar-refractivity contribution in [3.8, 4) is 5.75 Å². The molecule has 30 heavy (non-hydrogen) atoms. The molecule has 152 valence electrons. The van der Waals surface area contributed by atoms with E-state index in [0.717, 1.165) is 27.9 Å². The van der Waals surface area contributed by atoms with Gasteiger partial charge in [0.1, 0.15) is 11.4 Å². The van der Waals surface area contributed by atoms with Crippen LogP contribution in [0.25, 0.3) is 10.9 Å². The SMILES string of the molecule is CCOc1cccc2c1cc(C(=O)NCc1ccccn1)n2Cc1cccc(Cl)c1. The van der Waals surface area contributed by atoms with Gasteiger partial charge in [0.2, 0.25) is 0 Å². The van der Waals surface area contributed by atoms with Crippen LogP contribution in [0.1, 0.15) is 28.7 Å². The molecule has 0 saturated heterocycles. The second kappa shape index (κ2) is 9.01. The van der Waals surface area contributed by atoms with Crippen molar-refractivity contribution in [3.05, 3.63) is 94.9 Å². The summed E-state index contributed by atoms with van der Waals surface area (Å²) >= 11 is 6.17. The highest BCUT2D eigenvalue weighted by molar-refractivity contribution is 6.30. The largest absolute Gasteiger partial charge is 0.493 e. The van der Waals surface area contributed by atoms with Crippen LogP contribution in [0.3, 0.4) is 0 Å². The molecule has 2 aromatic carbocycles. The minimum absolute atomic E-state index is 0.165. The van der Waals surface area contributed by atoms with Gasteiger partial charge in [0.25, 0.3) is 5.91 Å². The molecule has 2 heterocycles. The maximum absolute atomic E-state index is 13.1. The number of hydrogen-bond donors (Lipinski definition) is 1. The van der Waals surface area contributed by atoms with Crippen LogP contribution in [0.15, 0.2) is 72.9 Å². The van der Waals surface area contributed by atoms with Crippen molar-refractivity contribution in [2.75, 3.05) is 6.61 Å². The highest BCUT2D eigenvalue weighted by Gasteiger charge is 2.18. The predicted octanol–water partition coefficient (Wildman–Crippen LogP) is 5.07. The minimum Gasteiger partial charge on any atom is -0.493 e. The van der Waals surface area contributed by atoms with E-state index in [4.69, 9.17) is 16.3 Å². The Morgan fingerprint density at radius 3 is 2.73 bits per heavy atom. The number of hydrogen-bond acceptors (Lipinski definition) is 3. The molecule has 4 rings (SSSR count). The van der Waals surface area contributed by atoms with E-state index in [0.29, 0.717) is 30.4 Å². The average Bonchev–Trinajstić information content (AvgIpc) is 3.12. The molecule has 0 radical (unpaired) electrons. The van der Waals surface area contributed by atoms with Crippen LogP contribution < -0.4 is 10.1 Å². The van der Waals surface area contributed by atoms with E-state index in [2.05, 4.69) is 10.3 Å². The topological polar surface area (TPSA) is 56.1 Å². The first-order chi connectivity index (χ1) is 14.7. The second-order valence-electron chi connectivity index (χ2n) is 6.87. The molecular formula is C24H22ClN3O2. The molecule has 0 aliphatic rings. The first kappa shape index (κ1) is 20.0. The van der Waals surface area contributed by atoms with Gasteiger partial charge in [0, 0.05) is 23.2 Å². The molecular weight excluding hydrogens is 398 g/mol. The lowest BCUT2D eigenvalue weighted by Crippen LogP contribution is -2.26. The number of rotatable bonds is 7. The number of amides is 1. The fourth-order valence-corrected chi connectivity index (χ4v) is 3.69. The summed E-state index contributed by atoms with van der Waals surface area (Å²) in [5.74, 6) is 0.597. The minimum atomic E-state index is -0.165. The van der Waals surface area contributed by atoms with E-state index in [9.17, 15) is 4.79 Å². The Balaban J connectivity index is 1.72. The molecule has 0 aliphatic heterocycles. The Bertz CT molecular complexity index is 1170. The Morgan fingerprint density at radius 2 is 1.97 bits per heavy atom. The van der Waals surface area contributed by atoms with Gasteiger partial charge in [-0.05, 0) is 55.0 Å². The molecule has 2 aromatic heterocycles. The number of halogens is 1. The van der Waals surface area contributed by atoms with E-state index in [1.165, 1.54) is 0 Å². The number of fused-ring (bicyclic) bond motifs is 1. The first-order valence-electron chi connectivity index (χ1n) is 9.83. The predicted molar refractivity (Wildman–Crippen MR) is 119 cm³/mol. The van der Waals surface area contributed by atoms with Crippen LogP contribution in [0.5, 0.6) is 5.75 Å². The van der Waals surface area contributed by atoms with Gasteiger partial charge in [-0.2, -0.15) is 0 Å². The molecule has 5 nitrogen and oxygen atoms in total. The van der Waals surface area contributed by atoms with Crippen molar-refractivity contribution < 1.29 is 9.53 Å². The Kier molecular flexibility index (Phi) is 6.00. The lowest BCUT2D eigenvalue weighted by Gasteiger charge is -2.12. The van der Waals surface area contributed by atoms with E-state index >= 15 is 0 Å². The van der Waals surface area contributed by atoms with Gasteiger partial charge in [0.15, 0.2) is 0 Å². The van der Waals surface area contributed by atoms with Gasteiger partial charge in [-0.1, -0.05) is 35.9 Å². The number of pyridine rings is 1. The summed E-state index contributed by atoms with van der Waals surface area (Å²) in [5.41, 5.74) is 3.32. The molecule has 0 spiro atoms. The van der Waals surface area contributed by atoms with Gasteiger partial charge in [0.05, 0.1) is 24.4 Å². The highest BCUT2D eigenvalue weighted by Crippen LogP contribution is 2.30. The fourth-order valence-electron chi connectivity index (χ4n) is 3.48. The van der Waals surface area contributed by atoms with Crippen LogP contribution in [-0.2, 0) is 13.1 Å². The van der Waals surface area contributed by atoms with Crippen LogP contribution in [0.4, 0.5) is 0 Å². The normalized spacial score (nSPS) is 10.9. The van der Waals surface area contributed by atoms with Crippen LogP contribution >= 0.6 is 11.6 Å². The highest BCUT2D eigenvalue weighted by atomic mass is 35.5. The number of nitrogens with zero attached hydrogens (tertiary/aromatic N) is 2. The van der Waals surface area contributed by atoms with Crippen molar-refractivity contribution in [2.45, 2.75) is 20.0 Å². The molecule has 0 unspecified atom stereocenters. The molecule has 6 heteroatoms. The molecule has 0 saturated carbocycles. The van der Waals surface area contributed by atoms with Gasteiger partial charge in [-0.3, -0.25) is 9.78 Å². The maximum Gasteiger partial charge on any atom is 0.268 e.